The lowest BCUT2D eigenvalue weighted by atomic mass is 10.1. The first kappa shape index (κ1) is 22.1. The number of methoxy groups -OCH3 is 1. The van der Waals surface area contributed by atoms with Gasteiger partial charge in [-0.05, 0) is 29.8 Å². The summed E-state index contributed by atoms with van der Waals surface area (Å²) in [5.41, 5.74) is -3.44. The molecule has 31 heavy (non-hydrogen) atoms. The number of pyridine rings is 1. The molecule has 0 saturated heterocycles. The summed E-state index contributed by atoms with van der Waals surface area (Å²) in [5.74, 6) is -0.846. The molecular weight excluding hydrogens is 430 g/mol. The smallest absolute Gasteiger partial charge is 0.434 e. The van der Waals surface area contributed by atoms with Crippen molar-refractivity contribution in [2.24, 2.45) is 0 Å². The number of amides is 1. The van der Waals surface area contributed by atoms with Gasteiger partial charge in [-0.3, -0.25) is 4.79 Å². The Labute approximate surface area is 171 Å². The average Bonchev–Trinajstić information content (AvgIpc) is 3.17. The molecule has 0 aliphatic heterocycles. The predicted molar refractivity (Wildman–Crippen MR) is 95.5 cm³/mol. The maximum Gasteiger partial charge on any atom is 0.434 e. The van der Waals surface area contributed by atoms with Crippen molar-refractivity contribution in [2.45, 2.75) is 18.9 Å². The molecule has 1 aromatic carbocycles. The lowest BCUT2D eigenvalue weighted by Crippen LogP contribution is -2.26. The van der Waals surface area contributed by atoms with Crippen molar-refractivity contribution in [1.82, 2.24) is 20.1 Å². The zero-order valence-electron chi connectivity index (χ0n) is 15.8. The molecule has 0 spiro atoms. The van der Waals surface area contributed by atoms with Gasteiger partial charge in [0.05, 0.1) is 30.1 Å². The number of alkyl halides is 6. The molecule has 6 nitrogen and oxygen atoms in total. The molecule has 12 heteroatoms. The molecule has 0 atom stereocenters. The number of hydrogen-bond acceptors (Lipinski definition) is 4. The number of hydrogen-bond donors (Lipinski definition) is 1. The van der Waals surface area contributed by atoms with Gasteiger partial charge in [0, 0.05) is 18.8 Å². The second-order valence-electron chi connectivity index (χ2n) is 6.25. The van der Waals surface area contributed by atoms with Crippen molar-refractivity contribution in [2.75, 3.05) is 7.11 Å². The fourth-order valence-corrected chi connectivity index (χ4v) is 2.75. The van der Waals surface area contributed by atoms with Crippen LogP contribution in [0.25, 0.3) is 5.69 Å². The number of ether oxygens (including phenoxy) is 1. The molecule has 0 unspecified atom stereocenters. The van der Waals surface area contributed by atoms with Crippen molar-refractivity contribution in [3.05, 3.63) is 71.2 Å². The molecule has 3 rings (SSSR count). The lowest BCUT2D eigenvalue weighted by Gasteiger charge is -2.14. The zero-order valence-corrected chi connectivity index (χ0v) is 15.8. The van der Waals surface area contributed by atoms with E-state index in [0.29, 0.717) is 17.8 Å². The molecule has 2 heterocycles. The fraction of sp³-hybridized carbons (Fsp3) is 0.211. The van der Waals surface area contributed by atoms with E-state index in [0.717, 1.165) is 18.2 Å². The Balaban J connectivity index is 1.93. The van der Waals surface area contributed by atoms with Gasteiger partial charge in [0.2, 0.25) is 5.88 Å². The molecule has 0 aliphatic carbocycles. The van der Waals surface area contributed by atoms with E-state index in [4.69, 9.17) is 4.74 Å². The summed E-state index contributed by atoms with van der Waals surface area (Å²) < 4.78 is 85.1. The maximum atomic E-state index is 13.7. The van der Waals surface area contributed by atoms with Crippen LogP contribution in [0.3, 0.4) is 0 Å². The van der Waals surface area contributed by atoms with Crippen molar-refractivity contribution >= 4 is 5.91 Å². The number of halogens is 6. The van der Waals surface area contributed by atoms with Crippen LogP contribution in [0, 0.1) is 0 Å². The highest BCUT2D eigenvalue weighted by atomic mass is 19.4. The van der Waals surface area contributed by atoms with Crippen molar-refractivity contribution in [1.29, 1.82) is 0 Å². The van der Waals surface area contributed by atoms with E-state index >= 15 is 0 Å². The molecule has 1 amide bonds. The minimum absolute atomic E-state index is 0.135. The van der Waals surface area contributed by atoms with Crippen LogP contribution in [0.2, 0.25) is 0 Å². The number of aromatic nitrogens is 3. The quantitative estimate of drug-likeness (QED) is 0.598. The van der Waals surface area contributed by atoms with Crippen LogP contribution in [0.5, 0.6) is 5.88 Å². The van der Waals surface area contributed by atoms with E-state index in [9.17, 15) is 31.1 Å². The van der Waals surface area contributed by atoms with E-state index in [2.05, 4.69) is 15.4 Å². The summed E-state index contributed by atoms with van der Waals surface area (Å²) in [6.45, 7) is -0.135. The van der Waals surface area contributed by atoms with Gasteiger partial charge in [-0.15, -0.1) is 0 Å². The van der Waals surface area contributed by atoms with Crippen molar-refractivity contribution in [3.8, 4) is 11.6 Å². The van der Waals surface area contributed by atoms with Gasteiger partial charge in [0.15, 0.2) is 5.69 Å². The van der Waals surface area contributed by atoms with Crippen LogP contribution in [-0.2, 0) is 18.9 Å². The second-order valence-corrected chi connectivity index (χ2v) is 6.25. The highest BCUT2D eigenvalue weighted by molar-refractivity contribution is 5.95. The predicted octanol–water partition coefficient (Wildman–Crippen LogP) is 4.24. The summed E-state index contributed by atoms with van der Waals surface area (Å²) in [5, 5.41) is 5.84. The minimum atomic E-state index is -5.06. The van der Waals surface area contributed by atoms with Crippen LogP contribution >= 0.6 is 0 Å². The zero-order chi connectivity index (χ0) is 22.8. The number of nitrogens with zero attached hydrogens (tertiary/aromatic N) is 3. The summed E-state index contributed by atoms with van der Waals surface area (Å²) >= 11 is 0. The highest BCUT2D eigenvalue weighted by Gasteiger charge is 2.41. The first-order chi connectivity index (χ1) is 14.5. The molecule has 0 aliphatic rings. The van der Waals surface area contributed by atoms with Crippen LogP contribution in [-0.4, -0.2) is 27.8 Å². The molecule has 164 valence electrons. The van der Waals surface area contributed by atoms with Gasteiger partial charge < -0.3 is 10.1 Å². The third kappa shape index (κ3) is 4.95. The molecular formula is C19H14F6N4O2. The SMILES string of the molecule is COc1cc(CNC(=O)c2cnn(-c3cccc(C(F)(F)F)c3)c2C(F)(F)F)ccn1. The minimum Gasteiger partial charge on any atom is -0.481 e. The Morgan fingerprint density at radius 3 is 2.48 bits per heavy atom. The van der Waals surface area contributed by atoms with Gasteiger partial charge >= 0.3 is 12.4 Å². The second kappa shape index (κ2) is 8.28. The van der Waals surface area contributed by atoms with E-state index in [1.54, 1.807) is 0 Å². The molecule has 1 N–H and O–H groups in total. The van der Waals surface area contributed by atoms with Crippen LogP contribution < -0.4 is 10.1 Å². The Morgan fingerprint density at radius 1 is 1.10 bits per heavy atom. The maximum absolute atomic E-state index is 13.7. The van der Waals surface area contributed by atoms with Crippen LogP contribution in [0.15, 0.2) is 48.8 Å². The number of benzene rings is 1. The largest absolute Gasteiger partial charge is 0.481 e. The van der Waals surface area contributed by atoms with Crippen LogP contribution in [0.1, 0.15) is 27.2 Å². The Kier molecular flexibility index (Phi) is 5.91. The normalized spacial score (nSPS) is 12.0. The van der Waals surface area contributed by atoms with Gasteiger partial charge in [-0.25, -0.2) is 9.67 Å². The third-order valence-electron chi connectivity index (χ3n) is 4.16. The van der Waals surface area contributed by atoms with Gasteiger partial charge in [-0.1, -0.05) is 6.07 Å². The summed E-state index contributed by atoms with van der Waals surface area (Å²) in [4.78, 5) is 16.3. The molecule has 3 aromatic rings. The highest BCUT2D eigenvalue weighted by Crippen LogP contribution is 2.35. The van der Waals surface area contributed by atoms with E-state index in [-0.39, 0.29) is 17.1 Å². The Bertz CT molecular complexity index is 1090. The molecule has 0 radical (unpaired) electrons. The molecule has 0 saturated carbocycles. The number of nitrogens with one attached hydrogen (secondary N) is 1. The molecule has 0 fully saturated rings. The standard InChI is InChI=1S/C19H14F6N4O2/c1-31-15-7-11(5-6-26-15)9-27-17(30)14-10-28-29(16(14)19(23,24)25)13-4-2-3-12(8-13)18(20,21)22/h2-8,10H,9H2,1H3,(H,27,30). The first-order valence-electron chi connectivity index (χ1n) is 8.60. The molecule has 2 aromatic heterocycles. The third-order valence-corrected chi connectivity index (χ3v) is 4.16. The van der Waals surface area contributed by atoms with Crippen LogP contribution in [0.4, 0.5) is 26.3 Å². The van der Waals surface area contributed by atoms with Gasteiger partial charge in [-0.2, -0.15) is 31.4 Å². The monoisotopic (exact) mass is 444 g/mol. The fourth-order valence-electron chi connectivity index (χ4n) is 2.75. The number of rotatable bonds is 5. The summed E-state index contributed by atoms with van der Waals surface area (Å²) in [6, 6.07) is 6.24. The van der Waals surface area contributed by atoms with E-state index < -0.39 is 40.8 Å². The lowest BCUT2D eigenvalue weighted by molar-refractivity contribution is -0.143. The first-order valence-corrected chi connectivity index (χ1v) is 8.60. The van der Waals surface area contributed by atoms with E-state index in [1.807, 2.05) is 0 Å². The topological polar surface area (TPSA) is 69.0 Å². The summed E-state index contributed by atoms with van der Waals surface area (Å²) in [6.07, 6.45) is -7.76. The molecule has 0 bridgehead atoms. The Morgan fingerprint density at radius 2 is 1.84 bits per heavy atom. The summed E-state index contributed by atoms with van der Waals surface area (Å²) in [7, 11) is 1.38. The van der Waals surface area contributed by atoms with Crippen molar-refractivity contribution in [3.63, 3.8) is 0 Å². The average molecular weight is 444 g/mol. The van der Waals surface area contributed by atoms with Gasteiger partial charge in [0.1, 0.15) is 0 Å². The number of carbonyl (C=O) groups is 1. The van der Waals surface area contributed by atoms with Gasteiger partial charge in [0.25, 0.3) is 5.91 Å². The van der Waals surface area contributed by atoms with E-state index in [1.165, 1.54) is 25.4 Å². The Hall–Kier alpha value is -3.57. The number of carbonyl (C=O) groups excluding carboxylic acids is 1. The van der Waals surface area contributed by atoms with Crippen molar-refractivity contribution < 1.29 is 35.9 Å².